The van der Waals surface area contributed by atoms with Gasteiger partial charge < -0.3 is 10.2 Å². The lowest BCUT2D eigenvalue weighted by Gasteiger charge is -2.24. The van der Waals surface area contributed by atoms with Crippen molar-refractivity contribution >= 4 is 58.1 Å². The molecule has 0 fully saturated rings. The summed E-state index contributed by atoms with van der Waals surface area (Å²) in [5.41, 5.74) is 4.04. The number of hydrogen-bond acceptors (Lipinski definition) is 4. The Morgan fingerprint density at radius 3 is 2.47 bits per heavy atom. The van der Waals surface area contributed by atoms with Crippen molar-refractivity contribution < 1.29 is 9.59 Å². The Morgan fingerprint density at radius 1 is 0.906 bits per heavy atom. The number of benzene rings is 3. The van der Waals surface area contributed by atoms with Gasteiger partial charge in [-0.25, -0.2) is 0 Å². The lowest BCUT2D eigenvalue weighted by atomic mass is 10.2. The Bertz CT molecular complexity index is 1210. The number of hydrogen-bond donors (Lipinski definition) is 1. The zero-order valence-corrected chi connectivity index (χ0v) is 18.2. The number of carbonyl (C=O) groups is 2. The lowest BCUT2D eigenvalue weighted by Crippen LogP contribution is -2.28. The first kappa shape index (κ1) is 21.3. The van der Waals surface area contributed by atoms with E-state index in [0.717, 1.165) is 11.4 Å². The van der Waals surface area contributed by atoms with E-state index in [-0.39, 0.29) is 18.2 Å². The van der Waals surface area contributed by atoms with Gasteiger partial charge in [-0.15, -0.1) is 0 Å². The number of rotatable bonds is 1. The van der Waals surface area contributed by atoms with E-state index < -0.39 is 0 Å². The summed E-state index contributed by atoms with van der Waals surface area (Å²) in [6, 6.07) is 22.4. The van der Waals surface area contributed by atoms with Gasteiger partial charge in [0, 0.05) is 30.2 Å². The molecular weight excluding hydrogens is 424 g/mol. The van der Waals surface area contributed by atoms with E-state index >= 15 is 0 Å². The molecule has 0 spiro atoms. The lowest BCUT2D eigenvalue weighted by molar-refractivity contribution is -0.125. The Morgan fingerprint density at radius 2 is 1.66 bits per heavy atom. The summed E-state index contributed by atoms with van der Waals surface area (Å²) in [6.45, 7) is 0. The highest BCUT2D eigenvalue weighted by Gasteiger charge is 2.30. The molecule has 3 aromatic rings. The number of anilines is 4. The highest BCUT2D eigenvalue weighted by molar-refractivity contribution is 6.31. The molecule has 2 heterocycles. The maximum Gasteiger partial charge on any atom is 0.241 e. The van der Waals surface area contributed by atoms with Gasteiger partial charge in [-0.1, -0.05) is 41.9 Å². The van der Waals surface area contributed by atoms with Gasteiger partial charge in [0.25, 0.3) is 0 Å². The minimum Gasteiger partial charge on any atom is -0.360 e. The van der Waals surface area contributed by atoms with Crippen molar-refractivity contribution in [2.75, 3.05) is 22.2 Å². The SMILES string of the molecule is C1=CNc2ccccc2N=C1.CN1C(=O)CC(=O)N(c2ccccc2)c2cc(Cl)ccc21. The van der Waals surface area contributed by atoms with Gasteiger partial charge >= 0.3 is 0 Å². The predicted octanol–water partition coefficient (Wildman–Crippen LogP) is 5.70. The number of carbonyl (C=O) groups excluding carboxylic acids is 2. The predicted molar refractivity (Wildman–Crippen MR) is 130 cm³/mol. The number of fused-ring (bicyclic) bond motifs is 2. The van der Waals surface area contributed by atoms with E-state index in [1.165, 1.54) is 4.90 Å². The van der Waals surface area contributed by atoms with Crippen LogP contribution in [-0.4, -0.2) is 25.1 Å². The van der Waals surface area contributed by atoms with Crippen molar-refractivity contribution in [3.63, 3.8) is 0 Å². The van der Waals surface area contributed by atoms with Crippen molar-refractivity contribution in [1.82, 2.24) is 0 Å². The van der Waals surface area contributed by atoms with E-state index in [4.69, 9.17) is 11.6 Å². The molecule has 0 radical (unpaired) electrons. The number of aliphatic imine (C=N–C) groups is 1. The second-order valence-electron chi connectivity index (χ2n) is 7.13. The zero-order chi connectivity index (χ0) is 22.5. The second kappa shape index (κ2) is 9.49. The van der Waals surface area contributed by atoms with E-state index in [1.54, 1.807) is 36.4 Å². The molecule has 7 heteroatoms. The summed E-state index contributed by atoms with van der Waals surface area (Å²) >= 11 is 6.07. The molecule has 0 unspecified atom stereocenters. The molecule has 2 amide bonds. The van der Waals surface area contributed by atoms with Crippen LogP contribution in [0.5, 0.6) is 0 Å². The number of halogens is 1. The zero-order valence-electron chi connectivity index (χ0n) is 17.4. The minimum atomic E-state index is -0.265. The van der Waals surface area contributed by atoms with E-state index in [2.05, 4.69) is 10.3 Å². The van der Waals surface area contributed by atoms with Crippen molar-refractivity contribution in [1.29, 1.82) is 0 Å². The second-order valence-corrected chi connectivity index (χ2v) is 7.56. The third kappa shape index (κ3) is 4.55. The third-order valence-corrected chi connectivity index (χ3v) is 5.25. The van der Waals surface area contributed by atoms with Crippen LogP contribution in [0, 0.1) is 0 Å². The fourth-order valence-electron chi connectivity index (χ4n) is 3.43. The fourth-order valence-corrected chi connectivity index (χ4v) is 3.59. The molecular formula is C25H21ClN4O2. The fraction of sp³-hybridized carbons (Fsp3) is 0.0800. The van der Waals surface area contributed by atoms with Crippen LogP contribution in [0.2, 0.25) is 5.02 Å². The molecule has 0 aromatic heterocycles. The first-order valence-electron chi connectivity index (χ1n) is 10.0. The van der Waals surface area contributed by atoms with Crippen molar-refractivity contribution in [3.05, 3.63) is 90.1 Å². The monoisotopic (exact) mass is 444 g/mol. The van der Waals surface area contributed by atoms with Gasteiger partial charge in [0.05, 0.1) is 22.7 Å². The maximum atomic E-state index is 12.5. The summed E-state index contributed by atoms with van der Waals surface area (Å²) in [7, 11) is 1.66. The molecule has 2 aliphatic rings. The smallest absolute Gasteiger partial charge is 0.241 e. The summed E-state index contributed by atoms with van der Waals surface area (Å²) in [6.07, 6.45) is 5.35. The Kier molecular flexibility index (Phi) is 6.33. The maximum absolute atomic E-state index is 12.5. The first-order valence-corrected chi connectivity index (χ1v) is 10.4. The van der Waals surface area contributed by atoms with Gasteiger partial charge in [-0.2, -0.15) is 0 Å². The molecule has 3 aromatic carbocycles. The van der Waals surface area contributed by atoms with Gasteiger partial charge in [0.2, 0.25) is 11.8 Å². The molecule has 2 aliphatic heterocycles. The number of amides is 2. The van der Waals surface area contributed by atoms with Crippen LogP contribution in [0.4, 0.5) is 28.4 Å². The van der Waals surface area contributed by atoms with Crippen LogP contribution < -0.4 is 15.1 Å². The average molecular weight is 445 g/mol. The topological polar surface area (TPSA) is 65.0 Å². The van der Waals surface area contributed by atoms with Crippen LogP contribution in [0.25, 0.3) is 0 Å². The summed E-state index contributed by atoms with van der Waals surface area (Å²) < 4.78 is 0. The number of allylic oxidation sites excluding steroid dienone is 1. The van der Waals surface area contributed by atoms with E-state index in [0.29, 0.717) is 22.1 Å². The Hall–Kier alpha value is -3.90. The van der Waals surface area contributed by atoms with Gasteiger partial charge in [0.15, 0.2) is 0 Å². The van der Waals surface area contributed by atoms with E-state index in [1.807, 2.05) is 66.9 Å². The first-order chi connectivity index (χ1) is 15.5. The van der Waals surface area contributed by atoms with Crippen molar-refractivity contribution in [3.8, 4) is 0 Å². The summed E-state index contributed by atoms with van der Waals surface area (Å²) in [5, 5.41) is 3.64. The molecule has 0 bridgehead atoms. The van der Waals surface area contributed by atoms with Crippen molar-refractivity contribution in [2.45, 2.75) is 6.42 Å². The van der Waals surface area contributed by atoms with Crippen LogP contribution in [-0.2, 0) is 9.59 Å². The van der Waals surface area contributed by atoms with Gasteiger partial charge in [-0.05, 0) is 48.5 Å². The third-order valence-electron chi connectivity index (χ3n) is 5.02. The summed E-state index contributed by atoms with van der Waals surface area (Å²) in [5.74, 6) is -0.499. The average Bonchev–Trinajstić information content (AvgIpc) is 3.09. The number of para-hydroxylation sites is 3. The molecule has 160 valence electrons. The van der Waals surface area contributed by atoms with Gasteiger partial charge in [0.1, 0.15) is 6.42 Å². The number of nitrogens with one attached hydrogen (secondary N) is 1. The molecule has 0 aliphatic carbocycles. The van der Waals surface area contributed by atoms with E-state index in [9.17, 15) is 9.59 Å². The molecule has 0 saturated heterocycles. The van der Waals surface area contributed by atoms with Crippen LogP contribution in [0.3, 0.4) is 0 Å². The minimum absolute atomic E-state index is 0.169. The summed E-state index contributed by atoms with van der Waals surface area (Å²) in [4.78, 5) is 31.8. The number of nitrogens with zero attached hydrogens (tertiary/aromatic N) is 3. The Balaban J connectivity index is 0.000000186. The van der Waals surface area contributed by atoms with Crippen LogP contribution in [0.1, 0.15) is 6.42 Å². The molecule has 6 nitrogen and oxygen atoms in total. The van der Waals surface area contributed by atoms with Crippen LogP contribution in [0.15, 0.2) is 90.1 Å². The highest BCUT2D eigenvalue weighted by Crippen LogP contribution is 2.38. The standard InChI is InChI=1S/C16H13ClN2O2.C9H8N2/c1-18-13-8-7-11(17)9-14(13)19(16(21)10-15(18)20)12-5-3-2-4-6-12;1-2-5-9-8(4-1)10-6-3-7-11-9/h2-9H,10H2,1H3;1-7,10H. The van der Waals surface area contributed by atoms with Crippen molar-refractivity contribution in [2.24, 2.45) is 4.99 Å². The Labute approximate surface area is 191 Å². The largest absolute Gasteiger partial charge is 0.360 e. The molecule has 0 atom stereocenters. The molecule has 0 saturated carbocycles. The quantitative estimate of drug-likeness (QED) is 0.489. The highest BCUT2D eigenvalue weighted by atomic mass is 35.5. The molecule has 1 N–H and O–H groups in total. The molecule has 32 heavy (non-hydrogen) atoms. The van der Waals surface area contributed by atoms with Crippen LogP contribution >= 0.6 is 11.6 Å². The molecule has 5 rings (SSSR count). The normalized spacial score (nSPS) is 14.4. The van der Waals surface area contributed by atoms with Gasteiger partial charge in [-0.3, -0.25) is 19.5 Å².